The molecule has 6 N–H and O–H groups in total. The van der Waals surface area contributed by atoms with Crippen molar-refractivity contribution in [3.63, 3.8) is 0 Å². The third kappa shape index (κ3) is 21.1. The number of nitrogens with two attached hydrogens (primary N) is 1. The predicted octanol–water partition coefficient (Wildman–Crippen LogP) is -1.78. The van der Waals surface area contributed by atoms with E-state index in [4.69, 9.17) is 34.2 Å². The lowest BCUT2D eigenvalue weighted by Gasteiger charge is -2.25. The Morgan fingerprint density at radius 1 is 0.714 bits per heavy atom. The van der Waals surface area contributed by atoms with Gasteiger partial charge >= 0.3 is 6.03 Å². The van der Waals surface area contributed by atoms with Gasteiger partial charge in [0.1, 0.15) is 12.1 Å². The van der Waals surface area contributed by atoms with Gasteiger partial charge in [-0.1, -0.05) is 13.8 Å². The van der Waals surface area contributed by atoms with Gasteiger partial charge < -0.3 is 55.4 Å². The van der Waals surface area contributed by atoms with Gasteiger partial charge in [-0.2, -0.15) is 0 Å². The second-order valence-electron chi connectivity index (χ2n) is 11.0. The van der Waals surface area contributed by atoms with Crippen molar-refractivity contribution in [1.82, 2.24) is 26.2 Å². The van der Waals surface area contributed by atoms with E-state index in [-0.39, 0.29) is 75.3 Å². The van der Waals surface area contributed by atoms with E-state index in [1.165, 1.54) is 19.2 Å². The smallest absolute Gasteiger partial charge is 0.312 e. The lowest BCUT2D eigenvalue weighted by Crippen LogP contribution is -2.55. The van der Waals surface area contributed by atoms with Crippen molar-refractivity contribution in [2.75, 3.05) is 99.4 Å². The predicted molar refractivity (Wildman–Crippen MR) is 175 cm³/mol. The van der Waals surface area contributed by atoms with Crippen LogP contribution in [0.5, 0.6) is 0 Å². The van der Waals surface area contributed by atoms with E-state index in [0.29, 0.717) is 65.9 Å². The average Bonchev–Trinajstić information content (AvgIpc) is 3.39. The molecule has 1 aliphatic heterocycles. The van der Waals surface area contributed by atoms with Crippen molar-refractivity contribution < 1.29 is 57.2 Å². The molecule has 2 atom stereocenters. The Balaban J connectivity index is 2.00. The van der Waals surface area contributed by atoms with Crippen LogP contribution in [0.15, 0.2) is 12.2 Å². The summed E-state index contributed by atoms with van der Waals surface area (Å²) in [6.07, 6.45) is 3.20. The van der Waals surface area contributed by atoms with Crippen molar-refractivity contribution in [1.29, 1.82) is 0 Å². The molecule has 0 aromatic carbocycles. The number of carbonyl (C=O) groups is 6. The summed E-state index contributed by atoms with van der Waals surface area (Å²) in [5.41, 5.74) is 5.04. The number of carbonyl (C=O) groups excluding carboxylic acids is 6. The zero-order valence-corrected chi connectivity index (χ0v) is 28.8. The topological polar surface area (TPSA) is 235 Å². The summed E-state index contributed by atoms with van der Waals surface area (Å²) in [7, 11) is 1.46. The van der Waals surface area contributed by atoms with Crippen LogP contribution in [-0.4, -0.2) is 152 Å². The number of amides is 7. The zero-order valence-electron chi connectivity index (χ0n) is 28.8. The number of hydrogen-bond donors (Lipinski definition) is 5. The highest BCUT2D eigenvalue weighted by Crippen LogP contribution is 2.06. The minimum Gasteiger partial charge on any atom is -0.379 e. The normalized spacial score (nSPS) is 13.8. The van der Waals surface area contributed by atoms with Gasteiger partial charge in [0, 0.05) is 32.2 Å². The number of primary amides is 1. The second kappa shape index (κ2) is 27.2. The number of likely N-dealkylation sites (N-methyl/N-ethyl adjacent to an activating group) is 1. The summed E-state index contributed by atoms with van der Waals surface area (Å²) >= 11 is 0. The minimum atomic E-state index is -0.852. The Bertz CT molecular complexity index is 1030. The van der Waals surface area contributed by atoms with Crippen molar-refractivity contribution in [3.8, 4) is 0 Å². The van der Waals surface area contributed by atoms with E-state index in [2.05, 4.69) is 21.3 Å². The Labute approximate surface area is 287 Å². The Morgan fingerprint density at radius 3 is 1.63 bits per heavy atom. The molecule has 18 heteroatoms. The van der Waals surface area contributed by atoms with Gasteiger partial charge in [0.2, 0.25) is 17.7 Å². The second-order valence-corrected chi connectivity index (χ2v) is 11.0. The molecule has 0 bridgehead atoms. The summed E-state index contributed by atoms with van der Waals surface area (Å²) in [6.45, 7) is 8.10. The van der Waals surface area contributed by atoms with Crippen LogP contribution in [0.3, 0.4) is 0 Å². The first kappa shape index (κ1) is 43.3. The van der Waals surface area contributed by atoms with Crippen LogP contribution < -0.4 is 27.0 Å². The number of hydrogen-bond acceptors (Lipinski definition) is 12. The number of imide groups is 1. The van der Waals surface area contributed by atoms with E-state index in [9.17, 15) is 28.8 Å². The first-order chi connectivity index (χ1) is 23.6. The summed E-state index contributed by atoms with van der Waals surface area (Å²) in [5.74, 6) is -2.14. The maximum atomic E-state index is 12.9. The fourth-order valence-electron chi connectivity index (χ4n) is 4.18. The Kier molecular flexibility index (Phi) is 24.0. The van der Waals surface area contributed by atoms with Crippen molar-refractivity contribution in [2.24, 2.45) is 11.7 Å². The van der Waals surface area contributed by atoms with Crippen molar-refractivity contribution in [3.05, 3.63) is 12.2 Å². The van der Waals surface area contributed by atoms with Crippen LogP contribution in [0.4, 0.5) is 4.79 Å². The zero-order chi connectivity index (χ0) is 36.3. The Morgan fingerprint density at radius 2 is 1.18 bits per heavy atom. The SMILES string of the molecule is CNC(=O)[C@H](CCCNC(N)=O)NC(=O)[C@@H](NC(=O)CCOCCOCCOCCOCCOCCOCCN1C(=O)C=CC1=O)C(C)C. The van der Waals surface area contributed by atoms with E-state index in [1.807, 2.05) is 0 Å². The van der Waals surface area contributed by atoms with Crippen LogP contribution in [0.1, 0.15) is 33.1 Å². The number of urea groups is 1. The molecule has 1 aliphatic rings. The highest BCUT2D eigenvalue weighted by Gasteiger charge is 2.28. The number of nitrogens with one attached hydrogen (secondary N) is 4. The molecule has 7 amide bonds. The van der Waals surface area contributed by atoms with Gasteiger partial charge in [0.05, 0.1) is 85.8 Å². The number of rotatable bonds is 30. The van der Waals surface area contributed by atoms with E-state index in [0.717, 1.165) is 4.90 Å². The molecule has 0 aromatic rings. The maximum Gasteiger partial charge on any atom is 0.312 e. The first-order valence-corrected chi connectivity index (χ1v) is 16.4. The molecule has 49 heavy (non-hydrogen) atoms. The standard InChI is InChI=1S/C31H54N6O12/c1-23(2)28(30(42)35-24(29(41)33-3)5-4-9-34-31(32)43)36-25(38)8-11-44-13-15-46-17-19-48-21-22-49-20-18-47-16-14-45-12-10-37-26(39)6-7-27(37)40/h6-7,23-24,28H,4-5,8-22H2,1-3H3,(H,33,41)(H,35,42)(H,36,38)(H3,32,34,43)/t24-,28-/m0/s1. The minimum absolute atomic E-state index is 0.0411. The quantitative estimate of drug-likeness (QED) is 0.0413. The number of nitrogens with zero attached hydrogens (tertiary/aromatic N) is 1. The molecule has 18 nitrogen and oxygen atoms in total. The fourth-order valence-corrected chi connectivity index (χ4v) is 4.18. The van der Waals surface area contributed by atoms with Crippen LogP contribution in [0.2, 0.25) is 0 Å². The largest absolute Gasteiger partial charge is 0.379 e. The van der Waals surface area contributed by atoms with Crippen molar-refractivity contribution in [2.45, 2.75) is 45.2 Å². The molecule has 0 aliphatic carbocycles. The summed E-state index contributed by atoms with van der Waals surface area (Å²) in [5, 5.41) is 10.3. The lowest BCUT2D eigenvalue weighted by atomic mass is 10.0. The molecule has 0 unspecified atom stereocenters. The molecule has 0 spiro atoms. The average molecular weight is 703 g/mol. The lowest BCUT2D eigenvalue weighted by molar-refractivity contribution is -0.137. The van der Waals surface area contributed by atoms with E-state index < -0.39 is 24.0 Å². The molecular formula is C31H54N6O12. The van der Waals surface area contributed by atoms with Crippen LogP contribution in [0.25, 0.3) is 0 Å². The summed E-state index contributed by atoms with van der Waals surface area (Å²) < 4.78 is 32.5. The van der Waals surface area contributed by atoms with Crippen LogP contribution >= 0.6 is 0 Å². The fraction of sp³-hybridized carbons (Fsp3) is 0.742. The molecule has 280 valence electrons. The molecule has 0 aromatic heterocycles. The highest BCUT2D eigenvalue weighted by molar-refractivity contribution is 6.12. The molecule has 0 radical (unpaired) electrons. The molecule has 0 saturated carbocycles. The maximum absolute atomic E-state index is 12.9. The monoisotopic (exact) mass is 702 g/mol. The molecule has 1 heterocycles. The highest BCUT2D eigenvalue weighted by atomic mass is 16.6. The van der Waals surface area contributed by atoms with Gasteiger partial charge in [-0.3, -0.25) is 28.9 Å². The van der Waals surface area contributed by atoms with Crippen molar-refractivity contribution >= 4 is 35.6 Å². The van der Waals surface area contributed by atoms with E-state index in [1.54, 1.807) is 13.8 Å². The van der Waals surface area contributed by atoms with Gasteiger partial charge in [0.15, 0.2) is 0 Å². The van der Waals surface area contributed by atoms with Gasteiger partial charge in [-0.25, -0.2) is 4.79 Å². The molecule has 0 saturated heterocycles. The third-order valence-electron chi connectivity index (χ3n) is 6.81. The molecule has 1 rings (SSSR count). The van der Waals surface area contributed by atoms with Gasteiger partial charge in [0.25, 0.3) is 11.8 Å². The van der Waals surface area contributed by atoms with Gasteiger partial charge in [-0.05, 0) is 18.8 Å². The van der Waals surface area contributed by atoms with Gasteiger partial charge in [-0.15, -0.1) is 0 Å². The molecular weight excluding hydrogens is 648 g/mol. The van der Waals surface area contributed by atoms with E-state index >= 15 is 0 Å². The Hall–Kier alpha value is -3.68. The van der Waals surface area contributed by atoms with Crippen LogP contribution in [-0.2, 0) is 52.4 Å². The first-order valence-electron chi connectivity index (χ1n) is 16.4. The van der Waals surface area contributed by atoms with Crippen LogP contribution in [0, 0.1) is 5.92 Å². The summed E-state index contributed by atoms with van der Waals surface area (Å²) in [4.78, 5) is 72.4. The third-order valence-corrected chi connectivity index (χ3v) is 6.81. The molecule has 0 fully saturated rings. The summed E-state index contributed by atoms with van der Waals surface area (Å²) in [6, 6.07) is -2.36. The number of ether oxygens (including phenoxy) is 6.